The third-order valence-corrected chi connectivity index (χ3v) is 4.01. The maximum atomic E-state index is 3.58. The van der Waals surface area contributed by atoms with Gasteiger partial charge in [-0.3, -0.25) is 0 Å². The minimum atomic E-state index is 0.644. The molecule has 1 saturated heterocycles. The van der Waals surface area contributed by atoms with E-state index in [1.807, 2.05) is 0 Å². The second-order valence-electron chi connectivity index (χ2n) is 5.37. The molecule has 100 valence electrons. The average Bonchev–Trinajstić information content (AvgIpc) is 2.47. The molecule has 0 radical (unpaired) electrons. The first kappa shape index (κ1) is 12.5. The summed E-state index contributed by atoms with van der Waals surface area (Å²) < 4.78 is 0. The molecule has 2 aromatic rings. The lowest BCUT2D eigenvalue weighted by Gasteiger charge is -2.35. The molecule has 2 nitrogen and oxygen atoms in total. The van der Waals surface area contributed by atoms with E-state index in [-0.39, 0.29) is 0 Å². The number of rotatable bonds is 3. The lowest BCUT2D eigenvalue weighted by molar-refractivity contribution is 0.431. The van der Waals surface area contributed by atoms with Crippen LogP contribution < -0.4 is 10.2 Å². The quantitative estimate of drug-likeness (QED) is 0.903. The molecule has 1 heterocycles. The smallest absolute Gasteiger partial charge is 0.0373 e. The number of benzene rings is 2. The van der Waals surface area contributed by atoms with Crippen molar-refractivity contribution in [1.29, 1.82) is 0 Å². The lowest BCUT2D eigenvalue weighted by Crippen LogP contribution is -2.45. The third kappa shape index (κ3) is 2.74. The largest absolute Gasteiger partial charge is 0.370 e. The van der Waals surface area contributed by atoms with Gasteiger partial charge in [-0.15, -0.1) is 0 Å². The van der Waals surface area contributed by atoms with E-state index in [4.69, 9.17) is 0 Å². The van der Waals surface area contributed by atoms with Gasteiger partial charge in [0, 0.05) is 24.8 Å². The van der Waals surface area contributed by atoms with Crippen molar-refractivity contribution in [2.45, 2.75) is 25.8 Å². The number of likely N-dealkylation sites (N-methyl/N-ethyl adjacent to an activating group) is 1. The zero-order valence-electron chi connectivity index (χ0n) is 11.6. The number of hydrogen-bond donors (Lipinski definition) is 1. The fourth-order valence-corrected chi connectivity index (χ4v) is 3.04. The molecule has 2 heteroatoms. The number of fused-ring (bicyclic) bond motifs is 1. The molecule has 1 atom stereocenters. The highest BCUT2D eigenvalue weighted by Crippen LogP contribution is 2.24. The molecule has 3 rings (SSSR count). The summed E-state index contributed by atoms with van der Waals surface area (Å²) in [4.78, 5) is 2.52. The van der Waals surface area contributed by atoms with E-state index >= 15 is 0 Å². The molecule has 1 unspecified atom stereocenters. The van der Waals surface area contributed by atoms with Crippen molar-refractivity contribution in [2.24, 2.45) is 0 Å². The van der Waals surface area contributed by atoms with E-state index in [0.717, 1.165) is 13.1 Å². The van der Waals surface area contributed by atoms with Crippen molar-refractivity contribution in [2.75, 3.05) is 24.5 Å². The zero-order chi connectivity index (χ0) is 13.1. The van der Waals surface area contributed by atoms with Crippen molar-refractivity contribution in [1.82, 2.24) is 5.32 Å². The summed E-state index contributed by atoms with van der Waals surface area (Å²) in [6.45, 7) is 5.57. The summed E-state index contributed by atoms with van der Waals surface area (Å²) in [6.07, 6.45) is 2.59. The van der Waals surface area contributed by atoms with Gasteiger partial charge >= 0.3 is 0 Å². The average molecular weight is 254 g/mol. The van der Waals surface area contributed by atoms with E-state index in [0.29, 0.717) is 6.04 Å². The monoisotopic (exact) mass is 254 g/mol. The van der Waals surface area contributed by atoms with Crippen LogP contribution in [0.25, 0.3) is 10.8 Å². The van der Waals surface area contributed by atoms with Crippen LogP contribution in [0.4, 0.5) is 5.69 Å². The Morgan fingerprint density at radius 3 is 2.84 bits per heavy atom. The molecule has 1 aliphatic heterocycles. The summed E-state index contributed by atoms with van der Waals surface area (Å²) in [5.41, 5.74) is 1.36. The first-order chi connectivity index (χ1) is 9.36. The Kier molecular flexibility index (Phi) is 3.69. The van der Waals surface area contributed by atoms with Crippen LogP contribution in [0, 0.1) is 0 Å². The molecule has 1 fully saturated rings. The first-order valence-corrected chi connectivity index (χ1v) is 7.34. The number of nitrogens with zero attached hydrogens (tertiary/aromatic N) is 1. The van der Waals surface area contributed by atoms with Gasteiger partial charge in [0.15, 0.2) is 0 Å². The van der Waals surface area contributed by atoms with Crippen LogP contribution in [0.1, 0.15) is 19.8 Å². The Morgan fingerprint density at radius 2 is 2.00 bits per heavy atom. The highest BCUT2D eigenvalue weighted by Gasteiger charge is 2.19. The molecule has 0 bridgehead atoms. The predicted molar refractivity (Wildman–Crippen MR) is 82.9 cm³/mol. The van der Waals surface area contributed by atoms with Gasteiger partial charge in [0.25, 0.3) is 0 Å². The fourth-order valence-electron chi connectivity index (χ4n) is 3.04. The van der Waals surface area contributed by atoms with Crippen LogP contribution in [0.2, 0.25) is 0 Å². The molecule has 0 saturated carbocycles. The standard InChI is InChI=1S/C17H22N2/c1-2-18-16-8-5-11-19(13-16)17-10-9-14-6-3-4-7-15(14)12-17/h3-4,6-7,9-10,12,16,18H,2,5,8,11,13H2,1H3. The Balaban J connectivity index is 1.83. The van der Waals surface area contributed by atoms with E-state index < -0.39 is 0 Å². The van der Waals surface area contributed by atoms with Crippen LogP contribution in [0.5, 0.6) is 0 Å². The molecule has 2 aromatic carbocycles. The number of nitrogens with one attached hydrogen (secondary N) is 1. The van der Waals surface area contributed by atoms with Crippen LogP contribution in [-0.2, 0) is 0 Å². The third-order valence-electron chi connectivity index (χ3n) is 4.01. The maximum Gasteiger partial charge on any atom is 0.0373 e. The van der Waals surface area contributed by atoms with Gasteiger partial charge in [0.05, 0.1) is 0 Å². The van der Waals surface area contributed by atoms with Gasteiger partial charge in [0.2, 0.25) is 0 Å². The molecular formula is C17H22N2. The molecule has 1 aliphatic rings. The Morgan fingerprint density at radius 1 is 1.16 bits per heavy atom. The minimum absolute atomic E-state index is 0.644. The highest BCUT2D eigenvalue weighted by molar-refractivity contribution is 5.85. The molecule has 0 spiro atoms. The summed E-state index contributed by atoms with van der Waals surface area (Å²) in [5.74, 6) is 0. The molecule has 0 aromatic heterocycles. The van der Waals surface area contributed by atoms with Gasteiger partial charge in [0.1, 0.15) is 0 Å². The van der Waals surface area contributed by atoms with Crippen molar-refractivity contribution in [3.8, 4) is 0 Å². The van der Waals surface area contributed by atoms with Crippen molar-refractivity contribution in [3.05, 3.63) is 42.5 Å². The molecule has 0 aliphatic carbocycles. The van der Waals surface area contributed by atoms with Crippen molar-refractivity contribution in [3.63, 3.8) is 0 Å². The molecule has 0 amide bonds. The Bertz CT molecular complexity index is 548. The summed E-state index contributed by atoms with van der Waals surface area (Å²) in [6, 6.07) is 16.1. The maximum absolute atomic E-state index is 3.58. The van der Waals surface area contributed by atoms with Crippen LogP contribution in [-0.4, -0.2) is 25.7 Å². The summed E-state index contributed by atoms with van der Waals surface area (Å²) in [5, 5.41) is 6.24. The lowest BCUT2D eigenvalue weighted by atomic mass is 10.0. The predicted octanol–water partition coefficient (Wildman–Crippen LogP) is 3.42. The highest BCUT2D eigenvalue weighted by atomic mass is 15.2. The van der Waals surface area contributed by atoms with Crippen LogP contribution in [0.3, 0.4) is 0 Å². The molecular weight excluding hydrogens is 232 g/mol. The van der Waals surface area contributed by atoms with E-state index in [9.17, 15) is 0 Å². The van der Waals surface area contributed by atoms with Gasteiger partial charge in [-0.2, -0.15) is 0 Å². The van der Waals surface area contributed by atoms with E-state index in [2.05, 4.69) is 59.6 Å². The number of piperidine rings is 1. The summed E-state index contributed by atoms with van der Waals surface area (Å²) in [7, 11) is 0. The van der Waals surface area contributed by atoms with Gasteiger partial charge in [-0.05, 0) is 42.3 Å². The Labute approximate surface area is 115 Å². The van der Waals surface area contributed by atoms with Crippen molar-refractivity contribution < 1.29 is 0 Å². The van der Waals surface area contributed by atoms with E-state index in [1.54, 1.807) is 0 Å². The van der Waals surface area contributed by atoms with Gasteiger partial charge in [-0.25, -0.2) is 0 Å². The normalized spacial score (nSPS) is 19.8. The number of hydrogen-bond acceptors (Lipinski definition) is 2. The second-order valence-corrected chi connectivity index (χ2v) is 5.37. The van der Waals surface area contributed by atoms with Crippen LogP contribution in [0.15, 0.2) is 42.5 Å². The van der Waals surface area contributed by atoms with Gasteiger partial charge < -0.3 is 10.2 Å². The number of anilines is 1. The second kappa shape index (κ2) is 5.62. The Hall–Kier alpha value is -1.54. The summed E-state index contributed by atoms with van der Waals surface area (Å²) >= 11 is 0. The zero-order valence-corrected chi connectivity index (χ0v) is 11.6. The SMILES string of the molecule is CCNC1CCCN(c2ccc3ccccc3c2)C1. The fraction of sp³-hybridized carbons (Fsp3) is 0.412. The van der Waals surface area contributed by atoms with Crippen LogP contribution >= 0.6 is 0 Å². The van der Waals surface area contributed by atoms with Crippen molar-refractivity contribution >= 4 is 16.5 Å². The minimum Gasteiger partial charge on any atom is -0.370 e. The van der Waals surface area contributed by atoms with Gasteiger partial charge in [-0.1, -0.05) is 37.3 Å². The van der Waals surface area contributed by atoms with E-state index in [1.165, 1.54) is 35.8 Å². The molecule has 19 heavy (non-hydrogen) atoms. The topological polar surface area (TPSA) is 15.3 Å². The molecule has 1 N–H and O–H groups in total. The first-order valence-electron chi connectivity index (χ1n) is 7.34.